The summed E-state index contributed by atoms with van der Waals surface area (Å²) in [5.41, 5.74) is 1.07. The van der Waals surface area contributed by atoms with Gasteiger partial charge in [0.2, 0.25) is 0 Å². The van der Waals surface area contributed by atoms with Gasteiger partial charge < -0.3 is 0 Å². The van der Waals surface area contributed by atoms with Gasteiger partial charge in [0.1, 0.15) is 0 Å². The summed E-state index contributed by atoms with van der Waals surface area (Å²) in [6.07, 6.45) is 0. The van der Waals surface area contributed by atoms with Gasteiger partial charge in [-0.05, 0) is 19.9 Å². The first-order valence-corrected chi connectivity index (χ1v) is 6.39. The second kappa shape index (κ2) is 5.65. The minimum absolute atomic E-state index is 0.0675. The van der Waals surface area contributed by atoms with Gasteiger partial charge in [0, 0.05) is 17.2 Å². The lowest BCUT2D eigenvalue weighted by atomic mass is 10.0. The zero-order valence-corrected chi connectivity index (χ0v) is 11.5. The van der Waals surface area contributed by atoms with Gasteiger partial charge in [0.05, 0.1) is 11.7 Å². The molecule has 0 unspecified atom stereocenters. The second-order valence-corrected chi connectivity index (χ2v) is 4.77. The maximum absolute atomic E-state index is 12.3. The zero-order chi connectivity index (χ0) is 14.7. The quantitative estimate of drug-likeness (QED) is 0.633. The van der Waals surface area contributed by atoms with Crippen LogP contribution in [-0.2, 0) is 0 Å². The van der Waals surface area contributed by atoms with Crippen LogP contribution in [0.1, 0.15) is 35.9 Å². The normalized spacial score (nSPS) is 10.6. The molecule has 1 aromatic carbocycles. The van der Waals surface area contributed by atoms with E-state index >= 15 is 0 Å². The number of hydrogen-bond donors (Lipinski definition) is 0. The van der Waals surface area contributed by atoms with E-state index in [0.29, 0.717) is 11.3 Å². The van der Waals surface area contributed by atoms with E-state index in [4.69, 9.17) is 0 Å². The van der Waals surface area contributed by atoms with Crippen molar-refractivity contribution in [3.63, 3.8) is 0 Å². The van der Waals surface area contributed by atoms with Crippen molar-refractivity contribution in [1.29, 1.82) is 0 Å². The van der Waals surface area contributed by atoms with Crippen LogP contribution < -0.4 is 5.56 Å². The number of ketones is 1. The zero-order valence-electron chi connectivity index (χ0n) is 11.5. The molecule has 2 rings (SSSR count). The van der Waals surface area contributed by atoms with Crippen LogP contribution in [0.3, 0.4) is 0 Å². The van der Waals surface area contributed by atoms with Crippen molar-refractivity contribution in [3.8, 4) is 0 Å². The molecule has 1 heterocycles. The van der Waals surface area contributed by atoms with Crippen LogP contribution in [0.25, 0.3) is 5.57 Å². The van der Waals surface area contributed by atoms with Crippen LogP contribution in [-0.4, -0.2) is 15.6 Å². The Labute approximate surface area is 117 Å². The van der Waals surface area contributed by atoms with Crippen LogP contribution in [0.15, 0.2) is 53.8 Å². The standard InChI is InChI=1S/C16H16N2O2/c1-11(2)18-15(19)10-9-14(17-18)12(3)16(20)13-7-5-4-6-8-13/h4-11H,3H2,1-2H3. The van der Waals surface area contributed by atoms with E-state index in [9.17, 15) is 9.59 Å². The molecule has 0 aliphatic carbocycles. The molecule has 102 valence electrons. The number of carbonyl (C=O) groups is 1. The van der Waals surface area contributed by atoms with Crippen molar-refractivity contribution >= 4 is 11.4 Å². The summed E-state index contributed by atoms with van der Waals surface area (Å²) >= 11 is 0. The summed E-state index contributed by atoms with van der Waals surface area (Å²) in [5, 5.41) is 4.20. The molecule has 4 nitrogen and oxygen atoms in total. The highest BCUT2D eigenvalue weighted by Crippen LogP contribution is 2.15. The predicted octanol–water partition coefficient (Wildman–Crippen LogP) is 2.72. The number of Topliss-reactive ketones (excluding diaryl/α,β-unsaturated/α-hetero) is 1. The fraction of sp³-hybridized carbons (Fsp3) is 0.188. The summed E-state index contributed by atoms with van der Waals surface area (Å²) in [7, 11) is 0. The van der Waals surface area contributed by atoms with Gasteiger partial charge in [0.25, 0.3) is 5.56 Å². The summed E-state index contributed by atoms with van der Waals surface area (Å²) in [6, 6.07) is 11.8. The topological polar surface area (TPSA) is 52.0 Å². The van der Waals surface area contributed by atoms with E-state index < -0.39 is 0 Å². The van der Waals surface area contributed by atoms with Crippen molar-refractivity contribution in [2.75, 3.05) is 0 Å². The van der Waals surface area contributed by atoms with Gasteiger partial charge in [0.15, 0.2) is 5.78 Å². The largest absolute Gasteiger partial charge is 0.289 e. The van der Waals surface area contributed by atoms with Crippen LogP contribution in [0, 0.1) is 0 Å². The SMILES string of the molecule is C=C(C(=O)c1ccccc1)c1ccc(=O)n(C(C)C)n1. The van der Waals surface area contributed by atoms with E-state index in [2.05, 4.69) is 11.7 Å². The van der Waals surface area contributed by atoms with Crippen molar-refractivity contribution < 1.29 is 4.79 Å². The Morgan fingerprint density at radius 2 is 1.80 bits per heavy atom. The number of aromatic nitrogens is 2. The first-order valence-electron chi connectivity index (χ1n) is 6.39. The smallest absolute Gasteiger partial charge is 0.267 e. The predicted molar refractivity (Wildman–Crippen MR) is 78.7 cm³/mol. The van der Waals surface area contributed by atoms with Crippen molar-refractivity contribution in [1.82, 2.24) is 9.78 Å². The van der Waals surface area contributed by atoms with Crippen LogP contribution in [0.2, 0.25) is 0 Å². The molecule has 1 aromatic heterocycles. The van der Waals surface area contributed by atoms with Crippen LogP contribution in [0.5, 0.6) is 0 Å². The summed E-state index contributed by atoms with van der Waals surface area (Å²) in [4.78, 5) is 23.9. The first kappa shape index (κ1) is 13.9. The molecule has 0 aliphatic heterocycles. The molecule has 0 N–H and O–H groups in total. The summed E-state index contributed by atoms with van der Waals surface area (Å²) in [5.74, 6) is -0.188. The fourth-order valence-electron chi connectivity index (χ4n) is 1.84. The van der Waals surface area contributed by atoms with E-state index in [1.165, 1.54) is 16.8 Å². The molecule has 2 aromatic rings. The van der Waals surface area contributed by atoms with Crippen LogP contribution in [0.4, 0.5) is 0 Å². The summed E-state index contributed by atoms with van der Waals surface area (Å²) in [6.45, 7) is 7.53. The number of nitrogens with zero attached hydrogens (tertiary/aromatic N) is 2. The van der Waals surface area contributed by atoms with Gasteiger partial charge in [-0.25, -0.2) is 4.68 Å². The van der Waals surface area contributed by atoms with Gasteiger partial charge >= 0.3 is 0 Å². The highest BCUT2D eigenvalue weighted by molar-refractivity contribution is 6.27. The minimum atomic E-state index is -0.191. The third-order valence-corrected chi connectivity index (χ3v) is 2.93. The molecule has 0 fully saturated rings. The average molecular weight is 268 g/mol. The number of allylic oxidation sites excluding steroid dienone is 1. The Morgan fingerprint density at radius 3 is 2.40 bits per heavy atom. The molecule has 0 saturated heterocycles. The number of benzene rings is 1. The maximum atomic E-state index is 12.3. The van der Waals surface area contributed by atoms with Crippen molar-refractivity contribution in [2.45, 2.75) is 19.9 Å². The molecular weight excluding hydrogens is 252 g/mol. The molecule has 0 radical (unpaired) electrons. The highest BCUT2D eigenvalue weighted by atomic mass is 16.1. The lowest BCUT2D eigenvalue weighted by Crippen LogP contribution is -2.25. The Hall–Kier alpha value is -2.49. The highest BCUT2D eigenvalue weighted by Gasteiger charge is 2.14. The number of hydrogen-bond acceptors (Lipinski definition) is 3. The minimum Gasteiger partial charge on any atom is -0.289 e. The number of carbonyl (C=O) groups excluding carboxylic acids is 1. The van der Waals surface area contributed by atoms with E-state index in [-0.39, 0.29) is 23.0 Å². The first-order chi connectivity index (χ1) is 9.50. The molecule has 0 bridgehead atoms. The Bertz CT molecular complexity index is 700. The van der Waals surface area contributed by atoms with Gasteiger partial charge in [-0.2, -0.15) is 5.10 Å². The third kappa shape index (κ3) is 2.74. The van der Waals surface area contributed by atoms with Gasteiger partial charge in [-0.3, -0.25) is 9.59 Å². The Kier molecular flexibility index (Phi) is 3.94. The van der Waals surface area contributed by atoms with Crippen LogP contribution >= 0.6 is 0 Å². The number of rotatable bonds is 4. The molecule has 0 amide bonds. The molecule has 4 heteroatoms. The van der Waals surface area contributed by atoms with E-state index in [1.54, 1.807) is 24.3 Å². The van der Waals surface area contributed by atoms with Crippen molar-refractivity contribution in [3.05, 3.63) is 70.7 Å². The van der Waals surface area contributed by atoms with Crippen molar-refractivity contribution in [2.24, 2.45) is 0 Å². The molecule has 0 saturated carbocycles. The molecular formula is C16H16N2O2. The summed E-state index contributed by atoms with van der Waals surface area (Å²) < 4.78 is 1.35. The van der Waals surface area contributed by atoms with E-state index in [1.807, 2.05) is 19.9 Å². The molecule has 20 heavy (non-hydrogen) atoms. The maximum Gasteiger partial charge on any atom is 0.267 e. The average Bonchev–Trinajstić information content (AvgIpc) is 2.47. The monoisotopic (exact) mass is 268 g/mol. The molecule has 0 aliphatic rings. The Balaban J connectivity index is 2.37. The lowest BCUT2D eigenvalue weighted by Gasteiger charge is -2.10. The second-order valence-electron chi connectivity index (χ2n) is 4.77. The Morgan fingerprint density at radius 1 is 1.15 bits per heavy atom. The fourth-order valence-corrected chi connectivity index (χ4v) is 1.84. The van der Waals surface area contributed by atoms with Gasteiger partial charge in [-0.15, -0.1) is 0 Å². The molecule has 0 atom stereocenters. The molecule has 0 spiro atoms. The third-order valence-electron chi connectivity index (χ3n) is 2.93. The van der Waals surface area contributed by atoms with E-state index in [0.717, 1.165) is 0 Å². The van der Waals surface area contributed by atoms with Gasteiger partial charge in [-0.1, -0.05) is 36.9 Å². The lowest BCUT2D eigenvalue weighted by molar-refractivity contribution is 0.105.